The summed E-state index contributed by atoms with van der Waals surface area (Å²) in [7, 11) is -6.43. The predicted molar refractivity (Wildman–Crippen MR) is 490 cm³/mol. The maximum absolute atomic E-state index is 12.6. The Morgan fingerprint density at radius 3 is 0.659 bits per heavy atom. The second-order valence-electron chi connectivity index (χ2n) is 28.7. The van der Waals surface area contributed by atoms with Crippen molar-refractivity contribution >= 4 is 191 Å². The average molecular weight is 1930 g/mol. The van der Waals surface area contributed by atoms with E-state index in [0.717, 1.165) is 0 Å². The Morgan fingerprint density at radius 1 is 0.326 bits per heavy atom. The van der Waals surface area contributed by atoms with Crippen molar-refractivity contribution in [2.24, 2.45) is 25.8 Å². The van der Waals surface area contributed by atoms with Gasteiger partial charge in [-0.15, -0.1) is 56.7 Å². The number of carbonyl (C=O) groups excluding carboxylic acids is 10. The van der Waals surface area contributed by atoms with E-state index < -0.39 is 151 Å². The lowest BCUT2D eigenvalue weighted by molar-refractivity contribution is -0.143. The second-order valence-corrected chi connectivity index (χ2v) is 33.4. The highest BCUT2D eigenvalue weighted by atomic mass is 32.1. The molecule has 0 aromatic carbocycles. The summed E-state index contributed by atoms with van der Waals surface area (Å²) in [6, 6.07) is 17.1. The molecule has 0 saturated heterocycles. The first kappa shape index (κ1) is 110. The topological polar surface area (TPSA) is 621 Å². The zero-order valence-corrected chi connectivity index (χ0v) is 76.1. The van der Waals surface area contributed by atoms with Gasteiger partial charge in [-0.3, -0.25) is 47.9 Å². The van der Waals surface area contributed by atoms with Crippen molar-refractivity contribution in [2.75, 3.05) is 52.9 Å². The number of oxime groups is 5. The molecule has 10 heterocycles. The molecule has 5 aliphatic rings. The van der Waals surface area contributed by atoms with Crippen molar-refractivity contribution in [1.82, 2.24) is 26.6 Å². The lowest BCUT2D eigenvalue weighted by atomic mass is 9.77. The van der Waals surface area contributed by atoms with Crippen LogP contribution in [0.4, 0.5) is 0 Å². The first-order valence-electron chi connectivity index (χ1n) is 40.7. The minimum atomic E-state index is -1.32. The van der Waals surface area contributed by atoms with Gasteiger partial charge in [0.25, 0.3) is 29.5 Å². The fourth-order valence-corrected chi connectivity index (χ4v) is 15.2. The molecule has 0 bridgehead atoms. The molecule has 10 rings (SSSR count). The lowest BCUT2D eigenvalue weighted by Gasteiger charge is -2.20. The smallest absolute Gasteiger partial charge is 0.478 e. The third-order valence-corrected chi connectivity index (χ3v) is 22.0. The predicted octanol–water partition coefficient (Wildman–Crippen LogP) is 1.63. The Bertz CT molecular complexity index is 4440. The van der Waals surface area contributed by atoms with Crippen LogP contribution in [0.25, 0.3) is 0 Å². The standard InChI is InChI=1S/2C16H19BN2O7S.3C16H21BN2O6S/c2*1-10(20)8-11-4-2-6-13(17(24)26-11)18-16(23)15(12-5-3-7-27-12)19-25-9-14(21)22;3*1-11(21)10-12-4-2-6-14(17(23)25-12)18-16(22)15(19-24-8-7-20)13-5-3-9-26-13/h2*2-5,7,11,13,24H,6,8-9H2,1H3,(H,18,23)(H,21,22);3*2-5,9,12,14,20,23H,6-8,10H2,1H3,(H,18,22)/b19-15+;19-15-;19-15+;2*19-15-/t2*11-,13+;3*12-,14+/m11111/s1. The van der Waals surface area contributed by atoms with Crippen molar-refractivity contribution < 1.29 is 156 Å². The molecule has 0 radical (unpaired) electrons. The molecule has 0 unspecified atom stereocenters. The quantitative estimate of drug-likeness (QED) is 0.00871. The van der Waals surface area contributed by atoms with Gasteiger partial charge in [0.15, 0.2) is 28.6 Å². The molecular formula is C80H101B5N10O32S5. The summed E-state index contributed by atoms with van der Waals surface area (Å²) in [5.41, 5.74) is -0.0589. The van der Waals surface area contributed by atoms with Crippen LogP contribution < -0.4 is 26.6 Å². The number of Topliss-reactive ketones (excluding diaryl/α,β-unsaturated/α-hetero) is 5. The number of amides is 5. The first-order valence-corrected chi connectivity index (χ1v) is 45.1. The van der Waals surface area contributed by atoms with Gasteiger partial charge in [0.05, 0.1) is 104 Å². The zero-order valence-electron chi connectivity index (χ0n) is 72.1. The molecule has 132 heavy (non-hydrogen) atoms. The molecule has 5 aromatic heterocycles. The van der Waals surface area contributed by atoms with E-state index >= 15 is 0 Å². The number of thiophene rings is 5. The normalized spacial score (nSPS) is 20.4. The number of ketones is 5. The molecule has 5 aromatic rings. The minimum absolute atomic E-state index is 0.0349. The van der Waals surface area contributed by atoms with Gasteiger partial charge in [0.2, 0.25) is 13.2 Å². The van der Waals surface area contributed by atoms with E-state index in [1.807, 2.05) is 0 Å². The van der Waals surface area contributed by atoms with Gasteiger partial charge >= 0.3 is 47.5 Å². The summed E-state index contributed by atoms with van der Waals surface area (Å²) in [6.07, 6.45) is 16.8. The molecule has 0 aliphatic carbocycles. The first-order chi connectivity index (χ1) is 63.2. The zero-order chi connectivity index (χ0) is 96.4. The third-order valence-electron chi connectivity index (χ3n) is 17.6. The van der Waals surface area contributed by atoms with Crippen LogP contribution in [-0.4, -0.2) is 298 Å². The van der Waals surface area contributed by atoms with Crippen molar-refractivity contribution in [3.8, 4) is 0 Å². The van der Waals surface area contributed by atoms with Crippen LogP contribution >= 0.6 is 56.7 Å². The molecule has 708 valence electrons. The molecule has 5 aliphatic heterocycles. The number of carboxylic acids is 2. The van der Waals surface area contributed by atoms with E-state index in [-0.39, 0.29) is 142 Å². The third kappa shape index (κ3) is 41.0. The largest absolute Gasteiger partial charge is 0.479 e. The Labute approximate surface area is 779 Å². The Morgan fingerprint density at radius 2 is 0.508 bits per heavy atom. The number of carboxylic acid groups (broad SMARTS) is 2. The summed E-state index contributed by atoms with van der Waals surface area (Å²) in [6.45, 7) is 5.05. The van der Waals surface area contributed by atoms with Gasteiger partial charge in [-0.2, -0.15) is 0 Å². The van der Waals surface area contributed by atoms with Gasteiger partial charge in [-0.1, -0.05) is 117 Å². The van der Waals surface area contributed by atoms with Gasteiger partial charge in [-0.05, 0) is 124 Å². The van der Waals surface area contributed by atoms with Gasteiger partial charge in [-0.25, -0.2) is 9.59 Å². The number of nitrogens with zero attached hydrogens (tertiary/aromatic N) is 5. The summed E-state index contributed by atoms with van der Waals surface area (Å²) in [5.74, 6) is -9.27. The maximum Gasteiger partial charge on any atom is 0.478 e. The molecule has 0 spiro atoms. The highest BCUT2D eigenvalue weighted by Crippen LogP contribution is 2.23. The van der Waals surface area contributed by atoms with Crippen LogP contribution in [0.5, 0.6) is 0 Å². The van der Waals surface area contributed by atoms with Gasteiger partial charge in [0, 0.05) is 32.1 Å². The Kier molecular flexibility index (Phi) is 50.1. The van der Waals surface area contributed by atoms with E-state index in [2.05, 4.69) is 52.4 Å². The number of carbonyl (C=O) groups is 12. The molecule has 0 fully saturated rings. The van der Waals surface area contributed by atoms with Gasteiger partial charge < -0.3 is 125 Å². The van der Waals surface area contributed by atoms with E-state index in [1.54, 1.807) is 148 Å². The number of rotatable bonds is 40. The number of aliphatic hydroxyl groups is 3. The Hall–Kier alpha value is -11.0. The fraction of sp³-hybridized carbons (Fsp3) is 0.412. The van der Waals surface area contributed by atoms with E-state index in [9.17, 15) is 82.7 Å². The maximum atomic E-state index is 12.6. The van der Waals surface area contributed by atoms with Crippen LogP contribution in [0.3, 0.4) is 0 Å². The lowest BCUT2D eigenvalue weighted by Crippen LogP contribution is -2.50. The SMILES string of the molecule is CC(=O)C[C@H]1C=CC[C@H](NC(=O)/C(=N/OCC(=O)O)c2cccs2)B(O)O1.CC(=O)C[C@H]1C=CC[C@H](NC(=O)/C(=N/OCCO)c2cccs2)B(O)O1.CC(=O)C[C@H]1C=CC[C@H](NC(=O)/C(=N\OCC(=O)O)c2cccs2)B(O)O1.CC(=O)C[C@H]1C=CC[C@H](NC(=O)/C(=N\OCCO)c2cccs2)B(O)O1.CC(=O)C[C@H]1C=CC[C@H](NC(=O)/C(=N\OCCO)c2cccs2)B(O)O1. The number of aliphatic hydroxyl groups excluding tert-OH is 3. The monoisotopic (exact) mass is 1930 g/mol. The van der Waals surface area contributed by atoms with Crippen molar-refractivity contribution in [1.29, 1.82) is 0 Å². The number of aliphatic carboxylic acids is 2. The number of hydrogen-bond donors (Lipinski definition) is 15. The summed E-state index contributed by atoms with van der Waals surface area (Å²) in [4.78, 5) is 167. The van der Waals surface area contributed by atoms with Crippen LogP contribution in [0, 0.1) is 0 Å². The number of nitrogens with one attached hydrogen (secondary N) is 5. The van der Waals surface area contributed by atoms with Crippen LogP contribution in [0.15, 0.2) is 174 Å². The molecule has 42 nitrogen and oxygen atoms in total. The summed E-state index contributed by atoms with van der Waals surface area (Å²) < 4.78 is 27.1. The molecule has 15 N–H and O–H groups in total. The summed E-state index contributed by atoms with van der Waals surface area (Å²) in [5, 5.41) is 135. The molecular weight excluding hydrogens is 1830 g/mol. The van der Waals surface area contributed by atoms with E-state index in [0.29, 0.717) is 43.6 Å². The van der Waals surface area contributed by atoms with E-state index in [1.165, 1.54) is 91.3 Å². The van der Waals surface area contributed by atoms with Crippen LogP contribution in [0.2, 0.25) is 0 Å². The molecule has 10 atom stereocenters. The minimum Gasteiger partial charge on any atom is -0.479 e. The van der Waals surface area contributed by atoms with E-state index in [4.69, 9.17) is 73.0 Å². The number of hydrogen-bond acceptors (Lipinski definition) is 40. The van der Waals surface area contributed by atoms with Crippen LogP contribution in [0.1, 0.15) is 123 Å². The van der Waals surface area contributed by atoms with Crippen molar-refractivity contribution in [3.63, 3.8) is 0 Å². The second kappa shape index (κ2) is 60.2. The van der Waals surface area contributed by atoms with Crippen LogP contribution in [-0.2, 0) is 105 Å². The molecule has 52 heteroatoms. The Balaban J connectivity index is 0.000000254. The highest BCUT2D eigenvalue weighted by molar-refractivity contribution is 7.14. The van der Waals surface area contributed by atoms with Gasteiger partial charge in [0.1, 0.15) is 48.7 Å². The molecule has 5 amide bonds. The fourth-order valence-electron chi connectivity index (χ4n) is 11.7. The van der Waals surface area contributed by atoms with Crippen molar-refractivity contribution in [2.45, 2.75) is 159 Å². The molecule has 0 saturated carbocycles. The highest BCUT2D eigenvalue weighted by Gasteiger charge is 2.40. The summed E-state index contributed by atoms with van der Waals surface area (Å²) >= 11 is 6.39. The van der Waals surface area contributed by atoms with Crippen molar-refractivity contribution in [3.05, 3.63) is 173 Å². The average Bonchev–Trinajstić information content (AvgIpc) is 1.71.